The number of aryl methyl sites for hydroxylation is 1. The summed E-state index contributed by atoms with van der Waals surface area (Å²) in [4.78, 5) is 31.0. The number of aromatic nitrogens is 1. The van der Waals surface area contributed by atoms with Gasteiger partial charge in [0.25, 0.3) is 5.91 Å². The molecule has 1 unspecified atom stereocenters. The fraction of sp³-hybridized carbons (Fsp3) is 0.522. The lowest BCUT2D eigenvalue weighted by molar-refractivity contribution is 0.0742. The Labute approximate surface area is 183 Å². The predicted molar refractivity (Wildman–Crippen MR) is 121 cm³/mol. The molecule has 4 rings (SSSR count). The topological polar surface area (TPSA) is 70.4 Å². The number of nitroso groups, excluding NO2 is 1. The lowest BCUT2D eigenvalue weighted by Gasteiger charge is -2.36. The molecule has 1 fully saturated rings. The Hall–Kier alpha value is -2.87. The molecule has 166 valence electrons. The van der Waals surface area contributed by atoms with E-state index < -0.39 is 6.04 Å². The zero-order valence-corrected chi connectivity index (χ0v) is 18.4. The van der Waals surface area contributed by atoms with Crippen LogP contribution in [0.2, 0.25) is 0 Å². The van der Waals surface area contributed by atoms with Crippen LogP contribution in [0, 0.1) is 4.91 Å². The number of fused-ring (bicyclic) bond motifs is 1. The quantitative estimate of drug-likeness (QED) is 0.638. The van der Waals surface area contributed by atoms with Gasteiger partial charge in [-0.15, -0.1) is 0 Å². The van der Waals surface area contributed by atoms with Crippen molar-refractivity contribution in [3.8, 4) is 5.75 Å². The molecule has 1 aromatic carbocycles. The van der Waals surface area contributed by atoms with E-state index in [1.165, 1.54) is 0 Å². The van der Waals surface area contributed by atoms with Crippen molar-refractivity contribution in [1.29, 1.82) is 0 Å². The Balaban J connectivity index is 1.29. The molecule has 0 bridgehead atoms. The van der Waals surface area contributed by atoms with Crippen molar-refractivity contribution in [1.82, 2.24) is 14.4 Å². The number of piperazine rings is 1. The lowest BCUT2D eigenvalue weighted by Crippen LogP contribution is -2.47. The number of anilines is 1. The second-order valence-corrected chi connectivity index (χ2v) is 8.29. The summed E-state index contributed by atoms with van der Waals surface area (Å²) in [6.07, 6.45) is 3.34. The first kappa shape index (κ1) is 21.4. The van der Waals surface area contributed by atoms with Gasteiger partial charge in [-0.05, 0) is 37.6 Å². The highest BCUT2D eigenvalue weighted by atomic mass is 16.5. The van der Waals surface area contributed by atoms with Gasteiger partial charge in [0.2, 0.25) is 0 Å². The van der Waals surface area contributed by atoms with Gasteiger partial charge in [-0.3, -0.25) is 9.69 Å². The van der Waals surface area contributed by atoms with E-state index in [2.05, 4.69) is 21.0 Å². The molecule has 0 saturated carbocycles. The van der Waals surface area contributed by atoms with E-state index in [0.717, 1.165) is 56.1 Å². The standard InChI is InChI=1S/C23H31N5O3/c1-25-12-8-18-19(24-30)9-13-28(23(29)22(18)25)11-5-10-26-14-16-27(17-15-26)20-6-3-4-7-21(20)31-2/h3-4,6-8,12,19H,5,9-11,13-17H2,1-2H3. The number of carbonyl (C=O) groups excluding carboxylic acids is 1. The van der Waals surface area contributed by atoms with Crippen LogP contribution in [0.3, 0.4) is 0 Å². The summed E-state index contributed by atoms with van der Waals surface area (Å²) in [5.41, 5.74) is 2.52. The van der Waals surface area contributed by atoms with Crippen molar-refractivity contribution in [3.63, 3.8) is 0 Å². The van der Waals surface area contributed by atoms with Gasteiger partial charge in [-0.25, -0.2) is 0 Å². The van der Waals surface area contributed by atoms with Gasteiger partial charge in [0.15, 0.2) is 0 Å². The van der Waals surface area contributed by atoms with Gasteiger partial charge in [0.1, 0.15) is 17.5 Å². The van der Waals surface area contributed by atoms with E-state index in [-0.39, 0.29) is 5.91 Å². The molecule has 8 heteroatoms. The molecule has 8 nitrogen and oxygen atoms in total. The van der Waals surface area contributed by atoms with E-state index >= 15 is 0 Å². The van der Waals surface area contributed by atoms with Crippen molar-refractivity contribution in [2.75, 3.05) is 57.8 Å². The maximum Gasteiger partial charge on any atom is 0.270 e. The molecule has 0 N–H and O–H groups in total. The molecule has 2 aliphatic rings. The normalized spacial score (nSPS) is 19.8. The molecule has 1 atom stereocenters. The van der Waals surface area contributed by atoms with Gasteiger partial charge < -0.3 is 19.1 Å². The van der Waals surface area contributed by atoms with Crippen LogP contribution in [0.1, 0.15) is 34.9 Å². The minimum absolute atomic E-state index is 0.00893. The summed E-state index contributed by atoms with van der Waals surface area (Å²) in [6.45, 7) is 6.13. The monoisotopic (exact) mass is 425 g/mol. The van der Waals surface area contributed by atoms with Gasteiger partial charge in [-0.1, -0.05) is 17.3 Å². The minimum Gasteiger partial charge on any atom is -0.495 e. The van der Waals surface area contributed by atoms with Crippen LogP contribution >= 0.6 is 0 Å². The van der Waals surface area contributed by atoms with E-state index in [9.17, 15) is 9.70 Å². The maximum absolute atomic E-state index is 13.1. The molecule has 0 spiro atoms. The van der Waals surface area contributed by atoms with Crippen LogP contribution in [0.25, 0.3) is 0 Å². The van der Waals surface area contributed by atoms with Gasteiger partial charge >= 0.3 is 0 Å². The van der Waals surface area contributed by atoms with E-state index in [4.69, 9.17) is 4.74 Å². The summed E-state index contributed by atoms with van der Waals surface area (Å²) < 4.78 is 7.31. The first-order chi connectivity index (χ1) is 15.1. The molecular formula is C23H31N5O3. The van der Waals surface area contributed by atoms with E-state index in [1.807, 2.05) is 47.0 Å². The largest absolute Gasteiger partial charge is 0.495 e. The van der Waals surface area contributed by atoms with Crippen LogP contribution in [-0.4, -0.2) is 73.2 Å². The van der Waals surface area contributed by atoms with Gasteiger partial charge in [-0.2, -0.15) is 4.91 Å². The van der Waals surface area contributed by atoms with Crippen LogP contribution in [-0.2, 0) is 7.05 Å². The molecule has 1 saturated heterocycles. The number of methoxy groups -OCH3 is 1. The first-order valence-electron chi connectivity index (χ1n) is 11.0. The highest BCUT2D eigenvalue weighted by Crippen LogP contribution is 2.30. The van der Waals surface area contributed by atoms with Gasteiger partial charge in [0, 0.05) is 58.1 Å². The summed E-state index contributed by atoms with van der Waals surface area (Å²) in [6, 6.07) is 9.57. The minimum atomic E-state index is -0.437. The Morgan fingerprint density at radius 1 is 1.06 bits per heavy atom. The molecule has 0 radical (unpaired) electrons. The first-order valence-corrected chi connectivity index (χ1v) is 11.0. The maximum atomic E-state index is 13.1. The highest BCUT2D eigenvalue weighted by molar-refractivity contribution is 5.95. The summed E-state index contributed by atoms with van der Waals surface area (Å²) in [5, 5.41) is 3.27. The molecule has 31 heavy (non-hydrogen) atoms. The smallest absolute Gasteiger partial charge is 0.270 e. The highest BCUT2D eigenvalue weighted by Gasteiger charge is 2.31. The summed E-state index contributed by atoms with van der Waals surface area (Å²) in [7, 11) is 3.56. The number of hydrogen-bond donors (Lipinski definition) is 0. The third-order valence-corrected chi connectivity index (χ3v) is 6.45. The van der Waals surface area contributed by atoms with Crippen LogP contribution in [0.15, 0.2) is 41.7 Å². The predicted octanol–water partition coefficient (Wildman–Crippen LogP) is 2.90. The third-order valence-electron chi connectivity index (χ3n) is 6.45. The number of rotatable bonds is 7. The van der Waals surface area contributed by atoms with Crippen molar-refractivity contribution in [2.45, 2.75) is 18.9 Å². The zero-order chi connectivity index (χ0) is 21.8. The second-order valence-electron chi connectivity index (χ2n) is 8.29. The number of benzene rings is 1. The van der Waals surface area contributed by atoms with Crippen molar-refractivity contribution < 1.29 is 9.53 Å². The number of para-hydroxylation sites is 2. The Kier molecular flexibility index (Phi) is 6.56. The van der Waals surface area contributed by atoms with Crippen LogP contribution < -0.4 is 9.64 Å². The Bertz CT molecular complexity index is 920. The average Bonchev–Trinajstić information content (AvgIpc) is 3.12. The third kappa shape index (κ3) is 4.44. The van der Waals surface area contributed by atoms with Crippen molar-refractivity contribution in [3.05, 3.63) is 52.7 Å². The SMILES string of the molecule is COc1ccccc1N1CCN(CCCN2CCC(N=O)c3ccn(C)c3C2=O)CC1. The number of hydrogen-bond acceptors (Lipinski definition) is 6. The Morgan fingerprint density at radius 3 is 2.58 bits per heavy atom. The lowest BCUT2D eigenvalue weighted by atomic mass is 10.1. The summed E-state index contributed by atoms with van der Waals surface area (Å²) >= 11 is 0. The number of ether oxygens (including phenoxy) is 1. The van der Waals surface area contributed by atoms with Crippen molar-refractivity contribution >= 4 is 11.6 Å². The molecule has 1 amide bonds. The average molecular weight is 426 g/mol. The van der Waals surface area contributed by atoms with Crippen molar-refractivity contribution in [2.24, 2.45) is 12.2 Å². The molecule has 2 aliphatic heterocycles. The number of nitrogens with zero attached hydrogens (tertiary/aromatic N) is 5. The Morgan fingerprint density at radius 2 is 1.84 bits per heavy atom. The molecule has 0 aliphatic carbocycles. The molecule has 3 heterocycles. The van der Waals surface area contributed by atoms with E-state index in [1.54, 1.807) is 7.11 Å². The number of amides is 1. The van der Waals surface area contributed by atoms with Crippen LogP contribution in [0.5, 0.6) is 5.75 Å². The molecule has 2 aromatic rings. The zero-order valence-electron chi connectivity index (χ0n) is 18.4. The molecule has 1 aromatic heterocycles. The van der Waals surface area contributed by atoms with Crippen LogP contribution in [0.4, 0.5) is 5.69 Å². The second kappa shape index (κ2) is 9.51. The fourth-order valence-corrected chi connectivity index (χ4v) is 4.69. The summed E-state index contributed by atoms with van der Waals surface area (Å²) in [5.74, 6) is 0.924. The number of carbonyl (C=O) groups is 1. The van der Waals surface area contributed by atoms with Gasteiger partial charge in [0.05, 0.1) is 12.8 Å². The van der Waals surface area contributed by atoms with E-state index in [0.29, 0.717) is 25.2 Å². The fourth-order valence-electron chi connectivity index (χ4n) is 4.69. The molecular weight excluding hydrogens is 394 g/mol.